The van der Waals surface area contributed by atoms with Crippen molar-refractivity contribution in [3.05, 3.63) is 12.7 Å². The zero-order chi connectivity index (χ0) is 9.84. The lowest BCUT2D eigenvalue weighted by atomic mass is 10.1. The summed E-state index contributed by atoms with van der Waals surface area (Å²) in [4.78, 5) is 12.7. The number of carboxylic acid groups (broad SMARTS) is 1. The summed E-state index contributed by atoms with van der Waals surface area (Å²) in [5.41, 5.74) is 5.40. The second-order valence-corrected chi connectivity index (χ2v) is 3.37. The maximum atomic E-state index is 10.8. The summed E-state index contributed by atoms with van der Waals surface area (Å²) in [6.45, 7) is 5.62. The van der Waals surface area contributed by atoms with Crippen LogP contribution in [0.4, 0.5) is 0 Å². The summed E-state index contributed by atoms with van der Waals surface area (Å²) in [6.07, 6.45) is 2.49. The molecule has 1 aliphatic rings. The first kappa shape index (κ1) is 10.2. The molecule has 0 aliphatic carbocycles. The van der Waals surface area contributed by atoms with Crippen LogP contribution in [0.25, 0.3) is 0 Å². The van der Waals surface area contributed by atoms with Gasteiger partial charge in [0, 0.05) is 19.6 Å². The molecule has 0 aromatic heterocycles. The van der Waals surface area contributed by atoms with Crippen LogP contribution in [0, 0.1) is 5.92 Å². The van der Waals surface area contributed by atoms with Gasteiger partial charge in [0.05, 0.1) is 0 Å². The highest BCUT2D eigenvalue weighted by Gasteiger charge is 2.34. The molecular weight excluding hydrogens is 168 g/mol. The van der Waals surface area contributed by atoms with Gasteiger partial charge < -0.3 is 10.8 Å². The highest BCUT2D eigenvalue weighted by atomic mass is 16.4. The SMILES string of the molecule is C=C[C@@H]1C[C@H](C(=O)O)N(CCN)C1. The molecule has 13 heavy (non-hydrogen) atoms. The van der Waals surface area contributed by atoms with E-state index in [9.17, 15) is 4.79 Å². The number of nitrogens with two attached hydrogens (primary N) is 1. The zero-order valence-electron chi connectivity index (χ0n) is 7.65. The molecule has 1 saturated heterocycles. The molecule has 0 aromatic rings. The lowest BCUT2D eigenvalue weighted by Gasteiger charge is -2.19. The van der Waals surface area contributed by atoms with E-state index >= 15 is 0 Å². The number of rotatable bonds is 4. The first-order valence-corrected chi connectivity index (χ1v) is 4.48. The first-order chi connectivity index (χ1) is 6.19. The van der Waals surface area contributed by atoms with Crippen molar-refractivity contribution in [1.82, 2.24) is 4.90 Å². The number of aliphatic carboxylic acids is 1. The number of hydrogen-bond acceptors (Lipinski definition) is 3. The fourth-order valence-corrected chi connectivity index (χ4v) is 1.78. The zero-order valence-corrected chi connectivity index (χ0v) is 7.65. The third-order valence-corrected chi connectivity index (χ3v) is 2.47. The Morgan fingerprint density at radius 3 is 2.92 bits per heavy atom. The third kappa shape index (κ3) is 2.29. The Bertz CT molecular complexity index is 206. The van der Waals surface area contributed by atoms with E-state index in [2.05, 4.69) is 6.58 Å². The van der Waals surface area contributed by atoms with Crippen molar-refractivity contribution in [2.45, 2.75) is 12.5 Å². The van der Waals surface area contributed by atoms with Gasteiger partial charge in [0.25, 0.3) is 0 Å². The van der Waals surface area contributed by atoms with Gasteiger partial charge in [-0.15, -0.1) is 6.58 Å². The molecule has 1 rings (SSSR count). The van der Waals surface area contributed by atoms with E-state index in [-0.39, 0.29) is 6.04 Å². The number of carboxylic acids is 1. The van der Waals surface area contributed by atoms with E-state index in [0.717, 1.165) is 6.54 Å². The van der Waals surface area contributed by atoms with E-state index in [0.29, 0.717) is 25.4 Å². The normalized spacial score (nSPS) is 29.0. The standard InChI is InChI=1S/C9H16N2O2/c1-2-7-5-8(9(12)13)11(6-7)4-3-10/h2,7-8H,1,3-6,10H2,(H,12,13)/t7-,8-/m1/s1. The molecular formula is C9H16N2O2. The molecule has 4 nitrogen and oxygen atoms in total. The highest BCUT2D eigenvalue weighted by molar-refractivity contribution is 5.74. The van der Waals surface area contributed by atoms with Gasteiger partial charge in [-0.25, -0.2) is 0 Å². The van der Waals surface area contributed by atoms with Gasteiger partial charge in [0.1, 0.15) is 6.04 Å². The Hall–Kier alpha value is -0.870. The van der Waals surface area contributed by atoms with Crippen molar-refractivity contribution < 1.29 is 9.90 Å². The van der Waals surface area contributed by atoms with Crippen LogP contribution in [0.5, 0.6) is 0 Å². The second-order valence-electron chi connectivity index (χ2n) is 3.37. The lowest BCUT2D eigenvalue weighted by molar-refractivity contribution is -0.142. The van der Waals surface area contributed by atoms with Crippen molar-refractivity contribution in [2.75, 3.05) is 19.6 Å². The minimum absolute atomic E-state index is 0.299. The third-order valence-electron chi connectivity index (χ3n) is 2.47. The fraction of sp³-hybridized carbons (Fsp3) is 0.667. The molecule has 2 atom stereocenters. The van der Waals surface area contributed by atoms with Crippen molar-refractivity contribution in [3.63, 3.8) is 0 Å². The van der Waals surface area contributed by atoms with Gasteiger partial charge in [0.15, 0.2) is 0 Å². The molecule has 1 aliphatic heterocycles. The van der Waals surface area contributed by atoms with Crippen LogP contribution in [0.15, 0.2) is 12.7 Å². The number of likely N-dealkylation sites (tertiary alicyclic amines) is 1. The summed E-state index contributed by atoms with van der Waals surface area (Å²) in [6, 6.07) is -0.369. The predicted octanol–water partition coefficient (Wildman–Crippen LogP) is -0.0938. The van der Waals surface area contributed by atoms with Gasteiger partial charge in [-0.2, -0.15) is 0 Å². The maximum Gasteiger partial charge on any atom is 0.320 e. The molecule has 4 heteroatoms. The van der Waals surface area contributed by atoms with E-state index < -0.39 is 5.97 Å². The largest absolute Gasteiger partial charge is 0.480 e. The monoisotopic (exact) mass is 184 g/mol. The van der Waals surface area contributed by atoms with E-state index in [1.807, 2.05) is 11.0 Å². The van der Waals surface area contributed by atoms with Crippen LogP contribution in [0.3, 0.4) is 0 Å². The molecule has 3 N–H and O–H groups in total. The van der Waals surface area contributed by atoms with E-state index in [1.54, 1.807) is 0 Å². The minimum Gasteiger partial charge on any atom is -0.480 e. The predicted molar refractivity (Wildman–Crippen MR) is 50.4 cm³/mol. The van der Waals surface area contributed by atoms with Crippen LogP contribution in [-0.4, -0.2) is 41.7 Å². The van der Waals surface area contributed by atoms with E-state index in [4.69, 9.17) is 10.8 Å². The molecule has 1 fully saturated rings. The van der Waals surface area contributed by atoms with Gasteiger partial charge >= 0.3 is 5.97 Å². The number of carbonyl (C=O) groups is 1. The molecule has 0 aromatic carbocycles. The smallest absolute Gasteiger partial charge is 0.320 e. The van der Waals surface area contributed by atoms with Gasteiger partial charge in [-0.3, -0.25) is 9.69 Å². The molecule has 74 valence electrons. The highest BCUT2D eigenvalue weighted by Crippen LogP contribution is 2.23. The molecule has 0 unspecified atom stereocenters. The number of hydrogen-bond donors (Lipinski definition) is 2. The van der Waals surface area contributed by atoms with Crippen molar-refractivity contribution >= 4 is 5.97 Å². The fourth-order valence-electron chi connectivity index (χ4n) is 1.78. The average Bonchev–Trinajstić information content (AvgIpc) is 2.48. The van der Waals surface area contributed by atoms with Crippen LogP contribution >= 0.6 is 0 Å². The number of nitrogens with zero attached hydrogens (tertiary/aromatic N) is 1. The Morgan fingerprint density at radius 1 is 1.77 bits per heavy atom. The van der Waals surface area contributed by atoms with Gasteiger partial charge in [0.2, 0.25) is 0 Å². The van der Waals surface area contributed by atoms with Crippen LogP contribution in [0.2, 0.25) is 0 Å². The van der Waals surface area contributed by atoms with Crippen molar-refractivity contribution in [3.8, 4) is 0 Å². The quantitative estimate of drug-likeness (QED) is 0.599. The van der Waals surface area contributed by atoms with E-state index in [1.165, 1.54) is 0 Å². The van der Waals surface area contributed by atoms with Gasteiger partial charge in [-0.05, 0) is 12.3 Å². The Kier molecular flexibility index (Phi) is 3.45. The first-order valence-electron chi connectivity index (χ1n) is 4.48. The molecule has 0 bridgehead atoms. The summed E-state index contributed by atoms with van der Waals surface area (Å²) in [5.74, 6) is -0.453. The summed E-state index contributed by atoms with van der Waals surface area (Å²) >= 11 is 0. The molecule has 0 saturated carbocycles. The molecule has 0 amide bonds. The lowest BCUT2D eigenvalue weighted by Crippen LogP contribution is -2.38. The average molecular weight is 184 g/mol. The van der Waals surface area contributed by atoms with Gasteiger partial charge in [-0.1, -0.05) is 6.08 Å². The van der Waals surface area contributed by atoms with Crippen molar-refractivity contribution in [1.29, 1.82) is 0 Å². The Morgan fingerprint density at radius 2 is 2.46 bits per heavy atom. The van der Waals surface area contributed by atoms with Crippen molar-refractivity contribution in [2.24, 2.45) is 11.7 Å². The Balaban J connectivity index is 2.59. The van der Waals surface area contributed by atoms with Crippen LogP contribution < -0.4 is 5.73 Å². The van der Waals surface area contributed by atoms with Crippen LogP contribution in [0.1, 0.15) is 6.42 Å². The summed E-state index contributed by atoms with van der Waals surface area (Å²) in [7, 11) is 0. The molecule has 0 radical (unpaired) electrons. The minimum atomic E-state index is -0.752. The maximum absolute atomic E-state index is 10.8. The second kappa shape index (κ2) is 4.39. The topological polar surface area (TPSA) is 66.6 Å². The molecule has 1 heterocycles. The Labute approximate surface area is 78.0 Å². The molecule has 0 spiro atoms. The van der Waals surface area contributed by atoms with Crippen LogP contribution in [-0.2, 0) is 4.79 Å². The summed E-state index contributed by atoms with van der Waals surface area (Å²) < 4.78 is 0. The summed E-state index contributed by atoms with van der Waals surface area (Å²) in [5, 5.41) is 8.91.